The summed E-state index contributed by atoms with van der Waals surface area (Å²) in [6.45, 7) is 8.76. The van der Waals surface area contributed by atoms with Gasteiger partial charge in [-0.1, -0.05) is 0 Å². The Morgan fingerprint density at radius 1 is 1.14 bits per heavy atom. The van der Waals surface area contributed by atoms with Gasteiger partial charge in [0.15, 0.2) is 0 Å². The molecule has 126 valence electrons. The van der Waals surface area contributed by atoms with Crippen LogP contribution in [0.15, 0.2) is 0 Å². The van der Waals surface area contributed by atoms with E-state index in [4.69, 9.17) is 4.74 Å². The highest BCUT2D eigenvalue weighted by atomic mass is 16.5. The summed E-state index contributed by atoms with van der Waals surface area (Å²) < 4.78 is 5.53. The number of ether oxygens (including phenoxy) is 1. The first kappa shape index (κ1) is 16.1. The highest BCUT2D eigenvalue weighted by Crippen LogP contribution is 2.30. The molecule has 0 aromatic heterocycles. The summed E-state index contributed by atoms with van der Waals surface area (Å²) in [7, 11) is 0. The van der Waals surface area contributed by atoms with Crippen molar-refractivity contribution in [2.24, 2.45) is 11.8 Å². The Labute approximate surface area is 134 Å². The predicted octanol–water partition coefficient (Wildman–Crippen LogP) is 1.93. The van der Waals surface area contributed by atoms with E-state index in [0.717, 1.165) is 58.2 Å². The Morgan fingerprint density at radius 3 is 2.77 bits per heavy atom. The minimum absolute atomic E-state index is 0.138. The van der Waals surface area contributed by atoms with Crippen molar-refractivity contribution < 1.29 is 9.53 Å². The number of piperidine rings is 1. The number of carbonyl (C=O) groups excluding carboxylic acids is 1. The largest absolute Gasteiger partial charge is 0.381 e. The lowest BCUT2D eigenvalue weighted by molar-refractivity contribution is 0.0752. The van der Waals surface area contributed by atoms with E-state index in [2.05, 4.69) is 10.2 Å². The first-order valence-corrected chi connectivity index (χ1v) is 9.10. The molecule has 2 atom stereocenters. The summed E-state index contributed by atoms with van der Waals surface area (Å²) in [4.78, 5) is 17.0. The van der Waals surface area contributed by atoms with Crippen LogP contribution in [0.4, 0.5) is 4.79 Å². The summed E-state index contributed by atoms with van der Waals surface area (Å²) in [6, 6.07) is 0.484. The zero-order valence-corrected chi connectivity index (χ0v) is 13.9. The van der Waals surface area contributed by atoms with Crippen LogP contribution in [0.1, 0.15) is 39.0 Å². The highest BCUT2D eigenvalue weighted by Gasteiger charge is 2.31. The van der Waals surface area contributed by atoms with Gasteiger partial charge in [0.05, 0.1) is 6.61 Å². The van der Waals surface area contributed by atoms with E-state index >= 15 is 0 Å². The molecule has 2 amide bonds. The van der Waals surface area contributed by atoms with Gasteiger partial charge in [-0.05, 0) is 44.9 Å². The molecule has 0 bridgehead atoms. The van der Waals surface area contributed by atoms with Gasteiger partial charge in [-0.25, -0.2) is 4.79 Å². The van der Waals surface area contributed by atoms with Crippen LogP contribution in [-0.4, -0.2) is 67.8 Å². The number of nitrogens with zero attached hydrogens (tertiary/aromatic N) is 2. The first-order chi connectivity index (χ1) is 10.7. The summed E-state index contributed by atoms with van der Waals surface area (Å²) in [6.07, 6.45) is 6.20. The van der Waals surface area contributed by atoms with Crippen LogP contribution in [0.25, 0.3) is 0 Å². The van der Waals surface area contributed by atoms with Gasteiger partial charge in [-0.2, -0.15) is 0 Å². The van der Waals surface area contributed by atoms with E-state index in [1.807, 2.05) is 11.8 Å². The maximum atomic E-state index is 12.5. The van der Waals surface area contributed by atoms with Crippen LogP contribution < -0.4 is 5.32 Å². The summed E-state index contributed by atoms with van der Waals surface area (Å²) in [5, 5.41) is 3.25. The first-order valence-electron chi connectivity index (χ1n) is 9.10. The van der Waals surface area contributed by atoms with Crippen molar-refractivity contribution in [3.8, 4) is 0 Å². The number of nitrogens with one attached hydrogen (secondary N) is 1. The number of carbonyl (C=O) groups is 1. The standard InChI is InChI=1S/C17H31N3O2/c1-2-22-13-15-4-3-8-20(11-15)17(21)18-16-7-9-19(12-16)10-14-5-6-14/h14-16H,2-13H2,1H3,(H,18,21)/t15-,16-/m0/s1. The molecule has 1 aliphatic carbocycles. The van der Waals surface area contributed by atoms with Crippen molar-refractivity contribution in [2.45, 2.75) is 45.1 Å². The molecule has 2 aliphatic heterocycles. The molecule has 0 spiro atoms. The number of likely N-dealkylation sites (tertiary alicyclic amines) is 2. The fourth-order valence-electron chi connectivity index (χ4n) is 3.72. The lowest BCUT2D eigenvalue weighted by atomic mass is 9.99. The van der Waals surface area contributed by atoms with Crippen molar-refractivity contribution in [3.05, 3.63) is 0 Å². The molecule has 3 aliphatic rings. The normalized spacial score (nSPS) is 29.8. The van der Waals surface area contributed by atoms with Crippen LogP contribution in [-0.2, 0) is 4.74 Å². The second kappa shape index (κ2) is 7.64. The van der Waals surface area contributed by atoms with E-state index in [-0.39, 0.29) is 6.03 Å². The summed E-state index contributed by atoms with van der Waals surface area (Å²) >= 11 is 0. The average molecular weight is 309 g/mol. The third-order valence-corrected chi connectivity index (χ3v) is 5.18. The van der Waals surface area contributed by atoms with E-state index in [1.165, 1.54) is 25.8 Å². The lowest BCUT2D eigenvalue weighted by Gasteiger charge is -2.33. The van der Waals surface area contributed by atoms with Gasteiger partial charge in [0.25, 0.3) is 0 Å². The van der Waals surface area contributed by atoms with Gasteiger partial charge >= 0.3 is 6.03 Å². The van der Waals surface area contributed by atoms with Gasteiger partial charge in [0, 0.05) is 51.3 Å². The molecular formula is C17H31N3O2. The molecule has 1 N–H and O–H groups in total. The summed E-state index contributed by atoms with van der Waals surface area (Å²) in [5.74, 6) is 1.45. The van der Waals surface area contributed by atoms with Gasteiger partial charge in [-0.3, -0.25) is 0 Å². The smallest absolute Gasteiger partial charge is 0.317 e. The number of urea groups is 1. The highest BCUT2D eigenvalue weighted by molar-refractivity contribution is 5.74. The second-order valence-electron chi connectivity index (χ2n) is 7.25. The number of amides is 2. The zero-order valence-electron chi connectivity index (χ0n) is 13.9. The average Bonchev–Trinajstić information content (AvgIpc) is 3.24. The van der Waals surface area contributed by atoms with Crippen LogP contribution in [0, 0.1) is 11.8 Å². The Morgan fingerprint density at radius 2 is 2.00 bits per heavy atom. The third-order valence-electron chi connectivity index (χ3n) is 5.18. The van der Waals surface area contributed by atoms with Crippen molar-refractivity contribution in [2.75, 3.05) is 45.9 Å². The Kier molecular flexibility index (Phi) is 5.58. The minimum Gasteiger partial charge on any atom is -0.381 e. The molecule has 5 nitrogen and oxygen atoms in total. The van der Waals surface area contributed by atoms with Crippen molar-refractivity contribution in [3.63, 3.8) is 0 Å². The lowest BCUT2D eigenvalue weighted by Crippen LogP contribution is -2.49. The topological polar surface area (TPSA) is 44.8 Å². The molecular weight excluding hydrogens is 278 g/mol. The zero-order chi connectivity index (χ0) is 15.4. The van der Waals surface area contributed by atoms with Gasteiger partial charge < -0.3 is 19.9 Å². The fraction of sp³-hybridized carbons (Fsp3) is 0.941. The number of hydrogen-bond acceptors (Lipinski definition) is 3. The van der Waals surface area contributed by atoms with Gasteiger partial charge in [-0.15, -0.1) is 0 Å². The maximum Gasteiger partial charge on any atom is 0.317 e. The monoisotopic (exact) mass is 309 g/mol. The molecule has 3 fully saturated rings. The Balaban J connectivity index is 1.39. The van der Waals surface area contributed by atoms with Crippen LogP contribution in [0.2, 0.25) is 0 Å². The molecule has 0 radical (unpaired) electrons. The molecule has 2 saturated heterocycles. The molecule has 5 heteroatoms. The molecule has 2 heterocycles. The fourth-order valence-corrected chi connectivity index (χ4v) is 3.72. The Hall–Kier alpha value is -0.810. The van der Waals surface area contributed by atoms with Crippen LogP contribution >= 0.6 is 0 Å². The van der Waals surface area contributed by atoms with E-state index in [1.54, 1.807) is 0 Å². The molecule has 3 rings (SSSR count). The third kappa shape index (κ3) is 4.59. The molecule has 1 saturated carbocycles. The van der Waals surface area contributed by atoms with E-state index in [0.29, 0.717) is 12.0 Å². The minimum atomic E-state index is 0.138. The number of hydrogen-bond donors (Lipinski definition) is 1. The van der Waals surface area contributed by atoms with Crippen molar-refractivity contribution >= 4 is 6.03 Å². The predicted molar refractivity (Wildman–Crippen MR) is 86.9 cm³/mol. The summed E-state index contributed by atoms with van der Waals surface area (Å²) in [5.41, 5.74) is 0. The second-order valence-corrected chi connectivity index (χ2v) is 7.25. The van der Waals surface area contributed by atoms with E-state index < -0.39 is 0 Å². The molecule has 22 heavy (non-hydrogen) atoms. The van der Waals surface area contributed by atoms with E-state index in [9.17, 15) is 4.79 Å². The van der Waals surface area contributed by atoms with Gasteiger partial charge in [0.1, 0.15) is 0 Å². The molecule has 0 aromatic rings. The maximum absolute atomic E-state index is 12.5. The molecule has 0 aromatic carbocycles. The Bertz CT molecular complexity index is 373. The molecule has 0 unspecified atom stereocenters. The van der Waals surface area contributed by atoms with Crippen molar-refractivity contribution in [1.82, 2.24) is 15.1 Å². The number of rotatable bonds is 6. The van der Waals surface area contributed by atoms with Gasteiger partial charge in [0.2, 0.25) is 0 Å². The van der Waals surface area contributed by atoms with Crippen molar-refractivity contribution in [1.29, 1.82) is 0 Å². The quantitative estimate of drug-likeness (QED) is 0.815. The van der Waals surface area contributed by atoms with Crippen LogP contribution in [0.3, 0.4) is 0 Å². The van der Waals surface area contributed by atoms with Crippen LogP contribution in [0.5, 0.6) is 0 Å². The SMILES string of the molecule is CCOC[C@H]1CCCN(C(=O)N[C@H]2CCN(CC3CC3)C2)C1.